The average Bonchev–Trinajstić information content (AvgIpc) is 2.82. The summed E-state index contributed by atoms with van der Waals surface area (Å²) < 4.78 is 0. The lowest BCUT2D eigenvalue weighted by atomic mass is 10.3. The van der Waals surface area contributed by atoms with Gasteiger partial charge in [-0.25, -0.2) is 0 Å². The summed E-state index contributed by atoms with van der Waals surface area (Å²) in [7, 11) is 3.43. The highest BCUT2D eigenvalue weighted by atomic mass is 15.4. The van der Waals surface area contributed by atoms with E-state index >= 15 is 0 Å². The van der Waals surface area contributed by atoms with E-state index < -0.39 is 0 Å². The van der Waals surface area contributed by atoms with Crippen molar-refractivity contribution in [1.82, 2.24) is 14.8 Å². The Kier molecular flexibility index (Phi) is 7.33. The van der Waals surface area contributed by atoms with E-state index in [1.165, 1.54) is 4.90 Å². The minimum absolute atomic E-state index is 0.127. The van der Waals surface area contributed by atoms with Gasteiger partial charge in [0.2, 0.25) is 0 Å². The van der Waals surface area contributed by atoms with Crippen LogP contribution in [0.25, 0.3) is 0 Å². The van der Waals surface area contributed by atoms with Crippen LogP contribution in [0.15, 0.2) is 12.1 Å². The van der Waals surface area contributed by atoms with E-state index in [4.69, 9.17) is 16.6 Å². The van der Waals surface area contributed by atoms with Gasteiger partial charge in [-0.3, -0.25) is 15.7 Å². The molecule has 0 saturated carbocycles. The largest absolute Gasteiger partial charge is 0.370 e. The maximum absolute atomic E-state index is 7.82. The minimum atomic E-state index is -0.127. The molecule has 1 heterocycles. The van der Waals surface area contributed by atoms with E-state index in [-0.39, 0.29) is 11.9 Å². The number of aromatic nitrogens is 1. The summed E-state index contributed by atoms with van der Waals surface area (Å²) in [6.07, 6.45) is 0.832. The second-order valence-electron chi connectivity index (χ2n) is 4.11. The van der Waals surface area contributed by atoms with Gasteiger partial charge in [0.25, 0.3) is 0 Å². The molecule has 0 unspecified atom stereocenters. The number of hydrogen-bond acceptors (Lipinski definition) is 2. The molecule has 19 heavy (non-hydrogen) atoms. The van der Waals surface area contributed by atoms with Crippen molar-refractivity contribution in [3.05, 3.63) is 23.5 Å². The van der Waals surface area contributed by atoms with Crippen molar-refractivity contribution < 1.29 is 0 Å². The van der Waals surface area contributed by atoms with Gasteiger partial charge in [0, 0.05) is 38.4 Å². The molecule has 0 aliphatic carbocycles. The summed E-state index contributed by atoms with van der Waals surface area (Å²) in [5.74, 6) is 0.0957. The van der Waals surface area contributed by atoms with E-state index in [0.29, 0.717) is 6.54 Å². The van der Waals surface area contributed by atoms with Crippen LogP contribution in [0.5, 0.6) is 0 Å². The van der Waals surface area contributed by atoms with Crippen molar-refractivity contribution >= 4 is 11.9 Å². The molecule has 1 rings (SSSR count). The molecule has 5 N–H and O–H groups in total. The SMILES string of the molecule is CC.Cc1ccc(CCN(C)C(=N)N(C)C(=N)N)[nH]1. The Morgan fingerprint density at radius 1 is 1.26 bits per heavy atom. The quantitative estimate of drug-likeness (QED) is 0.494. The van der Waals surface area contributed by atoms with E-state index in [1.807, 2.05) is 40.0 Å². The lowest BCUT2D eigenvalue weighted by Crippen LogP contribution is -2.46. The van der Waals surface area contributed by atoms with Crippen LogP contribution in [0.2, 0.25) is 0 Å². The van der Waals surface area contributed by atoms with Gasteiger partial charge in [0.15, 0.2) is 11.9 Å². The van der Waals surface area contributed by atoms with Crippen LogP contribution < -0.4 is 5.73 Å². The highest BCUT2D eigenvalue weighted by molar-refractivity contribution is 5.94. The molecule has 0 aliphatic rings. The number of aromatic amines is 1. The number of nitrogens with one attached hydrogen (secondary N) is 3. The number of nitrogens with zero attached hydrogens (tertiary/aromatic N) is 2. The zero-order valence-electron chi connectivity index (χ0n) is 12.5. The summed E-state index contributed by atoms with van der Waals surface area (Å²) >= 11 is 0. The molecule has 1 aromatic rings. The fourth-order valence-electron chi connectivity index (χ4n) is 1.47. The number of likely N-dealkylation sites (N-methyl/N-ethyl adjacent to an activating group) is 1. The number of aryl methyl sites for hydroxylation is 1. The zero-order chi connectivity index (χ0) is 15.0. The maximum Gasteiger partial charge on any atom is 0.200 e. The molecule has 6 nitrogen and oxygen atoms in total. The summed E-state index contributed by atoms with van der Waals surface area (Å²) in [5.41, 5.74) is 7.60. The number of guanidine groups is 2. The second kappa shape index (κ2) is 8.18. The third kappa shape index (κ3) is 5.46. The van der Waals surface area contributed by atoms with Crippen LogP contribution in [0.4, 0.5) is 0 Å². The third-order valence-corrected chi connectivity index (χ3v) is 2.65. The fraction of sp³-hybridized carbons (Fsp3) is 0.538. The van der Waals surface area contributed by atoms with Gasteiger partial charge < -0.3 is 15.6 Å². The summed E-state index contributed by atoms with van der Waals surface area (Å²) in [6, 6.07) is 4.07. The van der Waals surface area contributed by atoms with E-state index in [2.05, 4.69) is 4.98 Å². The highest BCUT2D eigenvalue weighted by Gasteiger charge is 2.11. The predicted molar refractivity (Wildman–Crippen MR) is 80.6 cm³/mol. The van der Waals surface area contributed by atoms with Gasteiger partial charge in [0.05, 0.1) is 0 Å². The molecule has 1 aromatic heterocycles. The number of H-pyrrole nitrogens is 1. The Bertz CT molecular complexity index is 409. The first kappa shape index (κ1) is 17.0. The standard InChI is InChI=1S/C11H20N6.C2H6/c1-8-4-5-9(15-8)6-7-16(2)11(14)17(3)10(12)13;1-2/h4-5,14-15H,6-7H2,1-3H3,(H3,12,13);1-2H3. The molecule has 0 fully saturated rings. The van der Waals surface area contributed by atoms with Crippen LogP contribution in [0.3, 0.4) is 0 Å². The maximum atomic E-state index is 7.82. The van der Waals surface area contributed by atoms with Crippen LogP contribution in [0.1, 0.15) is 25.2 Å². The molecule has 6 heteroatoms. The number of nitrogens with two attached hydrogens (primary N) is 1. The molecule has 0 spiro atoms. The molecule has 0 atom stereocenters. The normalized spacial score (nSPS) is 9.32. The fourth-order valence-corrected chi connectivity index (χ4v) is 1.47. The third-order valence-electron chi connectivity index (χ3n) is 2.65. The van der Waals surface area contributed by atoms with Gasteiger partial charge >= 0.3 is 0 Å². The van der Waals surface area contributed by atoms with E-state index in [1.54, 1.807) is 11.9 Å². The molecule has 0 aliphatic heterocycles. The monoisotopic (exact) mass is 266 g/mol. The topological polar surface area (TPSA) is 96.0 Å². The van der Waals surface area contributed by atoms with Gasteiger partial charge in [-0.15, -0.1) is 0 Å². The highest BCUT2D eigenvalue weighted by Crippen LogP contribution is 2.02. The van der Waals surface area contributed by atoms with Gasteiger partial charge in [-0.1, -0.05) is 13.8 Å². The molecule has 108 valence electrons. The Balaban J connectivity index is 0.00000154. The molecule has 0 saturated heterocycles. The van der Waals surface area contributed by atoms with Crippen molar-refractivity contribution in [1.29, 1.82) is 10.8 Å². The molecule has 0 amide bonds. The first-order valence-corrected chi connectivity index (χ1v) is 6.43. The number of hydrogen-bond donors (Lipinski definition) is 4. The van der Waals surface area contributed by atoms with Crippen LogP contribution in [0, 0.1) is 17.7 Å². The smallest absolute Gasteiger partial charge is 0.200 e. The first-order valence-electron chi connectivity index (χ1n) is 6.43. The zero-order valence-corrected chi connectivity index (χ0v) is 12.5. The predicted octanol–water partition coefficient (Wildman–Crippen LogP) is 1.58. The Morgan fingerprint density at radius 3 is 2.26 bits per heavy atom. The molecule has 0 radical (unpaired) electrons. The Hall–Kier alpha value is -1.98. The van der Waals surface area contributed by atoms with Crippen molar-refractivity contribution in [2.75, 3.05) is 20.6 Å². The summed E-state index contributed by atoms with van der Waals surface area (Å²) in [6.45, 7) is 6.72. The van der Waals surface area contributed by atoms with Gasteiger partial charge in [-0.05, 0) is 19.1 Å². The summed E-state index contributed by atoms with van der Waals surface area (Å²) in [4.78, 5) is 6.34. The Labute approximate surface area is 115 Å². The van der Waals surface area contributed by atoms with Gasteiger partial charge in [0.1, 0.15) is 0 Å². The molecular formula is C13H26N6. The minimum Gasteiger partial charge on any atom is -0.370 e. The summed E-state index contributed by atoms with van der Waals surface area (Å²) in [5, 5.41) is 15.1. The van der Waals surface area contributed by atoms with Crippen LogP contribution >= 0.6 is 0 Å². The lowest BCUT2D eigenvalue weighted by molar-refractivity contribution is 0.447. The molecule has 0 aromatic carbocycles. The van der Waals surface area contributed by atoms with Crippen molar-refractivity contribution in [2.24, 2.45) is 5.73 Å². The molecule has 0 bridgehead atoms. The van der Waals surface area contributed by atoms with E-state index in [9.17, 15) is 0 Å². The van der Waals surface area contributed by atoms with Crippen molar-refractivity contribution in [2.45, 2.75) is 27.2 Å². The Morgan fingerprint density at radius 2 is 1.84 bits per heavy atom. The average molecular weight is 266 g/mol. The van der Waals surface area contributed by atoms with Crippen molar-refractivity contribution in [3.8, 4) is 0 Å². The van der Waals surface area contributed by atoms with Crippen LogP contribution in [-0.4, -0.2) is 47.3 Å². The molecular weight excluding hydrogens is 240 g/mol. The van der Waals surface area contributed by atoms with Gasteiger partial charge in [-0.2, -0.15) is 0 Å². The first-order chi connectivity index (χ1) is 8.91. The second-order valence-corrected chi connectivity index (χ2v) is 4.11. The van der Waals surface area contributed by atoms with Crippen LogP contribution in [-0.2, 0) is 6.42 Å². The number of rotatable bonds is 3. The lowest BCUT2D eigenvalue weighted by Gasteiger charge is -2.26. The van der Waals surface area contributed by atoms with Crippen molar-refractivity contribution in [3.63, 3.8) is 0 Å². The van der Waals surface area contributed by atoms with E-state index in [0.717, 1.165) is 17.8 Å².